The molecule has 0 radical (unpaired) electrons. The van der Waals surface area contributed by atoms with Crippen LogP contribution in [0.25, 0.3) is 98.2 Å². The van der Waals surface area contributed by atoms with Crippen molar-refractivity contribution in [3.63, 3.8) is 0 Å². The lowest BCUT2D eigenvalue weighted by molar-refractivity contribution is 0.714. The van der Waals surface area contributed by atoms with Crippen LogP contribution in [0.4, 0.5) is 0 Å². The molecule has 0 bridgehead atoms. The Labute approximate surface area is 359 Å². The maximum Gasteiger partial charge on any atom is 0.160 e. The third-order valence-corrected chi connectivity index (χ3v) is 14.0. The van der Waals surface area contributed by atoms with E-state index in [1.165, 1.54) is 81.0 Å². The molecule has 0 saturated carbocycles. The fourth-order valence-electron chi connectivity index (χ4n) is 9.76. The Bertz CT molecular complexity index is 3480. The Balaban J connectivity index is 0.955. The van der Waals surface area contributed by atoms with E-state index in [-0.39, 0.29) is 5.41 Å². The molecule has 0 saturated heterocycles. The van der Waals surface area contributed by atoms with Crippen molar-refractivity contribution in [3.8, 4) is 67.3 Å². The van der Waals surface area contributed by atoms with Crippen LogP contribution in [-0.4, -0.2) is 9.97 Å². The fourth-order valence-corrected chi connectivity index (χ4v) is 11.0. The van der Waals surface area contributed by atoms with Crippen molar-refractivity contribution in [3.05, 3.63) is 229 Å². The summed E-state index contributed by atoms with van der Waals surface area (Å²) in [7, 11) is 0. The van der Waals surface area contributed by atoms with Crippen molar-refractivity contribution >= 4 is 42.3 Å². The van der Waals surface area contributed by atoms with E-state index in [0.717, 1.165) is 28.1 Å². The third kappa shape index (κ3) is 5.69. The summed E-state index contributed by atoms with van der Waals surface area (Å²) in [5.41, 5.74) is 16.0. The van der Waals surface area contributed by atoms with Gasteiger partial charge in [0, 0.05) is 47.8 Å². The zero-order chi connectivity index (χ0) is 40.5. The summed E-state index contributed by atoms with van der Waals surface area (Å²) in [6.07, 6.45) is 0. The number of hydrogen-bond acceptors (Lipinski definition) is 3. The first kappa shape index (κ1) is 35.5. The molecule has 0 amide bonds. The van der Waals surface area contributed by atoms with Crippen LogP contribution in [0.2, 0.25) is 0 Å². The van der Waals surface area contributed by atoms with Gasteiger partial charge in [0.05, 0.1) is 11.4 Å². The van der Waals surface area contributed by atoms with E-state index >= 15 is 0 Å². The highest BCUT2D eigenvalue weighted by atomic mass is 32.1. The molecule has 0 spiro atoms. The molecule has 9 aromatic carbocycles. The molecule has 12 rings (SSSR count). The van der Waals surface area contributed by atoms with Crippen molar-refractivity contribution in [1.29, 1.82) is 0 Å². The summed E-state index contributed by atoms with van der Waals surface area (Å²) in [5.74, 6) is 0.710. The van der Waals surface area contributed by atoms with Crippen molar-refractivity contribution < 1.29 is 0 Å². The summed E-state index contributed by atoms with van der Waals surface area (Å²) >= 11 is 1.88. The van der Waals surface area contributed by atoms with Crippen LogP contribution in [0.5, 0.6) is 0 Å². The average Bonchev–Trinajstić information content (AvgIpc) is 3.85. The minimum absolute atomic E-state index is 0.300. The lowest BCUT2D eigenvalue weighted by atomic mass is 9.74. The minimum atomic E-state index is -0.300. The highest BCUT2D eigenvalue weighted by Gasteiger charge is 2.40. The molecule has 2 heterocycles. The summed E-state index contributed by atoms with van der Waals surface area (Å²) in [5, 5.41) is 5.13. The lowest BCUT2D eigenvalue weighted by Crippen LogP contribution is -2.22. The molecule has 1 aliphatic carbocycles. The Morgan fingerprint density at radius 2 is 0.918 bits per heavy atom. The standard InChI is InChI=1S/C58H38N2S/c1-58(41-17-6-3-7-18-41)51-25-12-10-21-46(51)47-32-31-40(35-52(47)58)54-36-53(59-57(60-54)39-15-4-2-5-16-39)38-29-27-37(28-30-38)42-33-34-45(44-20-9-8-19-43(42)44)49-23-14-24-50-48-22-11-13-26-55(48)61-56(49)50/h2-36H,1H3. The van der Waals surface area contributed by atoms with Gasteiger partial charge >= 0.3 is 0 Å². The molecule has 2 aromatic heterocycles. The quantitative estimate of drug-likeness (QED) is 0.168. The van der Waals surface area contributed by atoms with E-state index in [1.54, 1.807) is 0 Å². The van der Waals surface area contributed by atoms with Gasteiger partial charge in [-0.15, -0.1) is 11.3 Å². The van der Waals surface area contributed by atoms with Crippen LogP contribution >= 0.6 is 11.3 Å². The molecule has 286 valence electrons. The van der Waals surface area contributed by atoms with Crippen LogP contribution < -0.4 is 0 Å². The van der Waals surface area contributed by atoms with Crippen LogP contribution in [-0.2, 0) is 5.41 Å². The second kappa shape index (κ2) is 14.1. The van der Waals surface area contributed by atoms with Gasteiger partial charge in [0.1, 0.15) is 0 Å². The Kier molecular flexibility index (Phi) is 8.19. The number of thiophene rings is 1. The van der Waals surface area contributed by atoms with Gasteiger partial charge in [-0.3, -0.25) is 0 Å². The van der Waals surface area contributed by atoms with E-state index in [2.05, 4.69) is 213 Å². The molecule has 0 aliphatic heterocycles. The van der Waals surface area contributed by atoms with Crippen LogP contribution in [0.15, 0.2) is 212 Å². The smallest absolute Gasteiger partial charge is 0.160 e. The molecule has 11 aromatic rings. The molecule has 0 fully saturated rings. The maximum atomic E-state index is 5.25. The van der Waals surface area contributed by atoms with E-state index in [0.29, 0.717) is 5.82 Å². The number of nitrogens with zero attached hydrogens (tertiary/aromatic N) is 2. The minimum Gasteiger partial charge on any atom is -0.228 e. The van der Waals surface area contributed by atoms with E-state index in [1.807, 2.05) is 17.4 Å². The molecular weight excluding hydrogens is 757 g/mol. The van der Waals surface area contributed by atoms with E-state index < -0.39 is 0 Å². The number of aromatic nitrogens is 2. The monoisotopic (exact) mass is 794 g/mol. The molecule has 1 aliphatic rings. The zero-order valence-electron chi connectivity index (χ0n) is 33.5. The van der Waals surface area contributed by atoms with Crippen LogP contribution in [0.1, 0.15) is 23.6 Å². The highest BCUT2D eigenvalue weighted by molar-refractivity contribution is 7.26. The Morgan fingerprint density at radius 1 is 0.361 bits per heavy atom. The second-order valence-electron chi connectivity index (χ2n) is 16.2. The van der Waals surface area contributed by atoms with Gasteiger partial charge in [0.2, 0.25) is 0 Å². The molecule has 3 heteroatoms. The second-order valence-corrected chi connectivity index (χ2v) is 17.2. The highest BCUT2D eigenvalue weighted by Crippen LogP contribution is 2.53. The third-order valence-electron chi connectivity index (χ3n) is 12.8. The number of rotatable bonds is 6. The first-order chi connectivity index (χ1) is 30.1. The fraction of sp³-hybridized carbons (Fsp3) is 0.0345. The van der Waals surface area contributed by atoms with Crippen LogP contribution in [0.3, 0.4) is 0 Å². The number of hydrogen-bond donors (Lipinski definition) is 0. The first-order valence-corrected chi connectivity index (χ1v) is 21.7. The molecule has 2 nitrogen and oxygen atoms in total. The van der Waals surface area contributed by atoms with Crippen molar-refractivity contribution in [2.45, 2.75) is 12.3 Å². The number of benzene rings is 9. The molecule has 1 unspecified atom stereocenters. The first-order valence-electron chi connectivity index (χ1n) is 20.9. The Morgan fingerprint density at radius 3 is 1.72 bits per heavy atom. The zero-order valence-corrected chi connectivity index (χ0v) is 34.3. The summed E-state index contributed by atoms with van der Waals surface area (Å²) in [6, 6.07) is 76.9. The van der Waals surface area contributed by atoms with Crippen molar-refractivity contribution in [2.75, 3.05) is 0 Å². The largest absolute Gasteiger partial charge is 0.228 e. The van der Waals surface area contributed by atoms with Crippen LogP contribution in [0, 0.1) is 0 Å². The normalized spacial score (nSPS) is 14.4. The number of fused-ring (bicyclic) bond motifs is 7. The van der Waals surface area contributed by atoms with Crippen molar-refractivity contribution in [1.82, 2.24) is 9.97 Å². The van der Waals surface area contributed by atoms with Crippen molar-refractivity contribution in [2.24, 2.45) is 0 Å². The van der Waals surface area contributed by atoms with Gasteiger partial charge in [-0.2, -0.15) is 0 Å². The van der Waals surface area contributed by atoms with E-state index in [9.17, 15) is 0 Å². The Hall–Kier alpha value is -7.46. The van der Waals surface area contributed by atoms with Gasteiger partial charge in [-0.05, 0) is 80.4 Å². The molecule has 0 N–H and O–H groups in total. The lowest BCUT2D eigenvalue weighted by Gasteiger charge is -2.28. The van der Waals surface area contributed by atoms with Gasteiger partial charge < -0.3 is 0 Å². The van der Waals surface area contributed by atoms with Gasteiger partial charge in [-0.25, -0.2) is 9.97 Å². The SMILES string of the molecule is CC1(c2ccccc2)c2ccccc2-c2ccc(-c3cc(-c4ccc(-c5ccc(-c6cccc7c6sc6ccccc67)c6ccccc56)cc4)nc(-c4ccccc4)n3)cc21. The predicted octanol–water partition coefficient (Wildman–Crippen LogP) is 15.7. The predicted molar refractivity (Wildman–Crippen MR) is 257 cm³/mol. The molecule has 1 atom stereocenters. The van der Waals surface area contributed by atoms with Gasteiger partial charge in [0.15, 0.2) is 5.82 Å². The summed E-state index contributed by atoms with van der Waals surface area (Å²) < 4.78 is 2.65. The topological polar surface area (TPSA) is 25.8 Å². The molecular formula is C58H38N2S. The maximum absolute atomic E-state index is 5.25. The molecule has 61 heavy (non-hydrogen) atoms. The summed E-state index contributed by atoms with van der Waals surface area (Å²) in [4.78, 5) is 10.5. The van der Waals surface area contributed by atoms with E-state index in [4.69, 9.17) is 9.97 Å². The van der Waals surface area contributed by atoms with Gasteiger partial charge in [0.25, 0.3) is 0 Å². The van der Waals surface area contributed by atoms with Gasteiger partial charge in [-0.1, -0.05) is 194 Å². The summed E-state index contributed by atoms with van der Waals surface area (Å²) in [6.45, 7) is 2.36. The average molecular weight is 795 g/mol.